The van der Waals surface area contributed by atoms with Gasteiger partial charge in [0, 0.05) is 18.0 Å². The number of fused-ring (bicyclic) bond motifs is 1. The van der Waals surface area contributed by atoms with Crippen LogP contribution in [-0.2, 0) is 6.42 Å². The molecule has 1 heterocycles. The Morgan fingerprint density at radius 2 is 1.97 bits per heavy atom. The van der Waals surface area contributed by atoms with Crippen molar-refractivity contribution in [2.24, 2.45) is 5.92 Å². The zero-order valence-corrected chi connectivity index (χ0v) is 19.0. The first-order valence-electron chi connectivity index (χ1n) is 12.0. The number of nitrogens with one attached hydrogen (secondary N) is 1. The van der Waals surface area contributed by atoms with Crippen LogP contribution in [0.2, 0.25) is 0 Å². The minimum Gasteiger partial charge on any atom is -0.394 e. The maximum absolute atomic E-state index is 12.8. The second-order valence-corrected chi connectivity index (χ2v) is 8.92. The number of aliphatic hydroxyl groups excluding tert-OH is 1. The lowest BCUT2D eigenvalue weighted by Gasteiger charge is -2.20. The van der Waals surface area contributed by atoms with Gasteiger partial charge in [-0.25, -0.2) is 4.98 Å². The Kier molecular flexibility index (Phi) is 8.32. The van der Waals surface area contributed by atoms with Crippen molar-refractivity contribution in [1.82, 2.24) is 14.9 Å². The van der Waals surface area contributed by atoms with Gasteiger partial charge in [-0.1, -0.05) is 59.3 Å². The van der Waals surface area contributed by atoms with Crippen LogP contribution in [0.4, 0.5) is 0 Å². The molecule has 1 aromatic heterocycles. The molecule has 166 valence electrons. The highest BCUT2D eigenvalue weighted by atomic mass is 16.3. The van der Waals surface area contributed by atoms with E-state index in [4.69, 9.17) is 4.98 Å². The number of carbonyl (C=O) groups excluding carboxylic acids is 1. The molecular formula is C25H39N3O2. The molecule has 1 aliphatic rings. The Bertz CT molecular complexity index is 819. The number of hydrogen-bond donors (Lipinski definition) is 2. The van der Waals surface area contributed by atoms with Crippen LogP contribution in [0.5, 0.6) is 0 Å². The van der Waals surface area contributed by atoms with E-state index in [2.05, 4.69) is 36.7 Å². The Morgan fingerprint density at radius 1 is 1.23 bits per heavy atom. The van der Waals surface area contributed by atoms with Gasteiger partial charge in [-0.15, -0.1) is 0 Å². The SMILES string of the molecule is CCCC[C@H](CO)NC(=O)c1ccc2c(c1)nc(CC1CCCC1)n2C(CC)CC. The maximum atomic E-state index is 12.8. The van der Waals surface area contributed by atoms with Crippen LogP contribution >= 0.6 is 0 Å². The molecule has 5 heteroatoms. The summed E-state index contributed by atoms with van der Waals surface area (Å²) in [7, 11) is 0. The number of amides is 1. The van der Waals surface area contributed by atoms with E-state index in [-0.39, 0.29) is 18.6 Å². The number of nitrogens with zero attached hydrogens (tertiary/aromatic N) is 2. The number of aromatic nitrogens is 2. The molecule has 0 spiro atoms. The van der Waals surface area contributed by atoms with Crippen LogP contribution in [0.15, 0.2) is 18.2 Å². The molecule has 0 aliphatic heterocycles. The van der Waals surface area contributed by atoms with Crippen LogP contribution in [0.3, 0.4) is 0 Å². The monoisotopic (exact) mass is 413 g/mol. The van der Waals surface area contributed by atoms with Crippen molar-refractivity contribution in [2.75, 3.05) is 6.61 Å². The largest absolute Gasteiger partial charge is 0.394 e. The molecule has 0 unspecified atom stereocenters. The van der Waals surface area contributed by atoms with Gasteiger partial charge in [0.2, 0.25) is 0 Å². The van der Waals surface area contributed by atoms with Gasteiger partial charge in [0.05, 0.1) is 23.7 Å². The Hall–Kier alpha value is -1.88. The van der Waals surface area contributed by atoms with Gasteiger partial charge in [-0.3, -0.25) is 4.79 Å². The third-order valence-corrected chi connectivity index (χ3v) is 6.74. The minimum absolute atomic E-state index is 0.0250. The van der Waals surface area contributed by atoms with Gasteiger partial charge in [-0.05, 0) is 43.4 Å². The van der Waals surface area contributed by atoms with Gasteiger partial charge in [-0.2, -0.15) is 0 Å². The van der Waals surface area contributed by atoms with E-state index in [9.17, 15) is 9.90 Å². The molecule has 30 heavy (non-hydrogen) atoms. The number of hydrogen-bond acceptors (Lipinski definition) is 3. The molecule has 5 nitrogen and oxygen atoms in total. The maximum Gasteiger partial charge on any atom is 0.251 e. The highest BCUT2D eigenvalue weighted by molar-refractivity contribution is 5.97. The number of imidazole rings is 1. The van der Waals surface area contributed by atoms with E-state index in [1.807, 2.05) is 12.1 Å². The molecule has 0 saturated heterocycles. The van der Waals surface area contributed by atoms with Gasteiger partial charge >= 0.3 is 0 Å². The van der Waals surface area contributed by atoms with Crippen molar-refractivity contribution in [3.05, 3.63) is 29.6 Å². The van der Waals surface area contributed by atoms with Crippen LogP contribution < -0.4 is 5.32 Å². The van der Waals surface area contributed by atoms with E-state index >= 15 is 0 Å². The van der Waals surface area contributed by atoms with E-state index in [0.29, 0.717) is 11.6 Å². The smallest absolute Gasteiger partial charge is 0.251 e. The van der Waals surface area contributed by atoms with E-state index in [0.717, 1.165) is 55.5 Å². The molecular weight excluding hydrogens is 374 g/mol. The normalized spacial score (nSPS) is 15.9. The molecule has 2 N–H and O–H groups in total. The molecule has 0 bridgehead atoms. The van der Waals surface area contributed by atoms with Crippen molar-refractivity contribution < 1.29 is 9.90 Å². The van der Waals surface area contributed by atoms with E-state index in [1.54, 1.807) is 0 Å². The molecule has 1 aliphatic carbocycles. The summed E-state index contributed by atoms with van der Waals surface area (Å²) >= 11 is 0. The molecule has 1 saturated carbocycles. The lowest BCUT2D eigenvalue weighted by Crippen LogP contribution is -2.37. The summed E-state index contributed by atoms with van der Waals surface area (Å²) in [6.07, 6.45) is 11.3. The average molecular weight is 414 g/mol. The second kappa shape index (κ2) is 10.9. The van der Waals surface area contributed by atoms with Crippen molar-refractivity contribution in [3.8, 4) is 0 Å². The standard InChI is InChI=1S/C25H39N3O2/c1-4-7-12-20(17-29)26-25(30)19-13-14-23-22(16-19)27-24(15-18-10-8-9-11-18)28(23)21(5-2)6-3/h13-14,16,18,20-21,29H,4-12,15,17H2,1-3H3,(H,26,30)/t20-/m1/s1. The van der Waals surface area contributed by atoms with Crippen molar-refractivity contribution in [2.45, 2.75) is 97.1 Å². The van der Waals surface area contributed by atoms with Crippen LogP contribution in [-0.4, -0.2) is 33.2 Å². The number of aliphatic hydroxyl groups is 1. The predicted octanol–water partition coefficient (Wildman–Crippen LogP) is 5.41. The summed E-state index contributed by atoms with van der Waals surface area (Å²) in [4.78, 5) is 17.8. The topological polar surface area (TPSA) is 67.2 Å². The van der Waals surface area contributed by atoms with Crippen LogP contribution in [0, 0.1) is 5.92 Å². The van der Waals surface area contributed by atoms with Crippen molar-refractivity contribution in [1.29, 1.82) is 0 Å². The molecule has 1 aromatic carbocycles. The zero-order chi connectivity index (χ0) is 21.5. The van der Waals surface area contributed by atoms with Gasteiger partial charge in [0.1, 0.15) is 5.82 Å². The minimum atomic E-state index is -0.187. The summed E-state index contributed by atoms with van der Waals surface area (Å²) < 4.78 is 2.44. The number of unbranched alkanes of at least 4 members (excludes halogenated alkanes) is 1. The van der Waals surface area contributed by atoms with Gasteiger partial charge in [0.25, 0.3) is 5.91 Å². The van der Waals surface area contributed by atoms with E-state index < -0.39 is 0 Å². The lowest BCUT2D eigenvalue weighted by molar-refractivity contribution is 0.0912. The van der Waals surface area contributed by atoms with Gasteiger partial charge in [0.15, 0.2) is 0 Å². The lowest BCUT2D eigenvalue weighted by atomic mass is 10.0. The molecule has 1 atom stereocenters. The van der Waals surface area contributed by atoms with Crippen molar-refractivity contribution in [3.63, 3.8) is 0 Å². The Labute approximate surface area is 181 Å². The average Bonchev–Trinajstić information content (AvgIpc) is 3.39. The second-order valence-electron chi connectivity index (χ2n) is 8.92. The van der Waals surface area contributed by atoms with E-state index in [1.165, 1.54) is 31.5 Å². The molecule has 1 fully saturated rings. The molecule has 3 rings (SSSR count). The fourth-order valence-electron chi connectivity index (χ4n) is 4.90. The van der Waals surface area contributed by atoms with Gasteiger partial charge < -0.3 is 15.0 Å². The fourth-order valence-corrected chi connectivity index (χ4v) is 4.90. The Balaban J connectivity index is 1.88. The zero-order valence-electron chi connectivity index (χ0n) is 19.0. The number of rotatable bonds is 11. The predicted molar refractivity (Wildman–Crippen MR) is 123 cm³/mol. The molecule has 1 amide bonds. The first kappa shape index (κ1) is 22.8. The summed E-state index contributed by atoms with van der Waals surface area (Å²) in [5.74, 6) is 1.79. The van der Waals surface area contributed by atoms with Crippen LogP contribution in [0.1, 0.15) is 101 Å². The number of carbonyl (C=O) groups is 1. The third kappa shape index (κ3) is 5.23. The highest BCUT2D eigenvalue weighted by Crippen LogP contribution is 2.32. The van der Waals surface area contributed by atoms with Crippen molar-refractivity contribution >= 4 is 16.9 Å². The summed E-state index contributed by atoms with van der Waals surface area (Å²) in [5, 5.41) is 12.6. The summed E-state index contributed by atoms with van der Waals surface area (Å²) in [6, 6.07) is 6.15. The summed E-state index contributed by atoms with van der Waals surface area (Å²) in [6.45, 7) is 6.57. The first-order valence-corrected chi connectivity index (χ1v) is 12.0. The first-order chi connectivity index (χ1) is 14.6. The summed E-state index contributed by atoms with van der Waals surface area (Å²) in [5.41, 5.74) is 2.67. The quantitative estimate of drug-likeness (QED) is 0.517. The molecule has 2 aromatic rings. The third-order valence-electron chi connectivity index (χ3n) is 6.74. The van der Waals surface area contributed by atoms with Crippen LogP contribution in [0.25, 0.3) is 11.0 Å². The molecule has 0 radical (unpaired) electrons. The number of benzene rings is 1. The fraction of sp³-hybridized carbons (Fsp3) is 0.680. The highest BCUT2D eigenvalue weighted by Gasteiger charge is 2.23. The Morgan fingerprint density at radius 3 is 2.60 bits per heavy atom.